The third-order valence-electron chi connectivity index (χ3n) is 4.54. The largest absolute Gasteiger partial charge is 0.270 e. The molecule has 150 valence electrons. The molecule has 0 aromatic heterocycles. The molecule has 3 aromatic carbocycles. The molecule has 0 atom stereocenters. The standard InChI is InChI=1S/C24H19NOS4/c1-16-6-10-19(11-7-16)29-20-12-8-17(9-13-20)14-22-23(26)25(24(27)30-22)18-4-3-5-21(15-18)28-2/h3-15H,1-2H3/b22-14-. The summed E-state index contributed by atoms with van der Waals surface area (Å²) >= 11 is 10.2. The predicted octanol–water partition coefficient (Wildman–Crippen LogP) is 7.27. The van der Waals surface area contributed by atoms with Crippen LogP contribution in [-0.2, 0) is 4.79 Å². The van der Waals surface area contributed by atoms with Crippen molar-refractivity contribution in [2.75, 3.05) is 11.2 Å². The molecule has 1 aliphatic heterocycles. The van der Waals surface area contributed by atoms with Crippen LogP contribution < -0.4 is 4.90 Å². The van der Waals surface area contributed by atoms with E-state index in [1.165, 1.54) is 22.2 Å². The van der Waals surface area contributed by atoms with Gasteiger partial charge < -0.3 is 0 Å². The summed E-state index contributed by atoms with van der Waals surface area (Å²) in [5.74, 6) is -0.0682. The molecule has 1 amide bonds. The first kappa shape index (κ1) is 21.2. The van der Waals surface area contributed by atoms with E-state index in [9.17, 15) is 4.79 Å². The molecule has 0 radical (unpaired) electrons. The first-order valence-corrected chi connectivity index (χ1v) is 12.6. The van der Waals surface area contributed by atoms with E-state index in [1.807, 2.05) is 48.7 Å². The van der Waals surface area contributed by atoms with Gasteiger partial charge in [-0.05, 0) is 67.3 Å². The smallest absolute Gasteiger partial charge is 0.268 e. The van der Waals surface area contributed by atoms with Gasteiger partial charge in [0.2, 0.25) is 0 Å². The number of hydrogen-bond acceptors (Lipinski definition) is 5. The van der Waals surface area contributed by atoms with Crippen LogP contribution in [-0.4, -0.2) is 16.5 Å². The number of aryl methyl sites for hydroxylation is 1. The van der Waals surface area contributed by atoms with Crippen LogP contribution >= 0.6 is 47.5 Å². The number of benzene rings is 3. The number of amides is 1. The topological polar surface area (TPSA) is 20.3 Å². The molecule has 0 aliphatic carbocycles. The SMILES string of the molecule is CSc1cccc(N2C(=O)/C(=C/c3ccc(Sc4ccc(C)cc4)cc3)SC2=S)c1. The van der Waals surface area contributed by atoms with Gasteiger partial charge in [-0.25, -0.2) is 0 Å². The Balaban J connectivity index is 1.51. The van der Waals surface area contributed by atoms with E-state index in [0.717, 1.165) is 21.0 Å². The molecule has 1 saturated heterocycles. The summed E-state index contributed by atoms with van der Waals surface area (Å²) < 4.78 is 0.566. The number of rotatable bonds is 5. The van der Waals surface area contributed by atoms with Crippen molar-refractivity contribution in [1.29, 1.82) is 0 Å². The second-order valence-corrected chi connectivity index (χ2v) is 10.4. The number of carbonyl (C=O) groups excluding carboxylic acids is 1. The average molecular weight is 466 g/mol. The van der Waals surface area contributed by atoms with Gasteiger partial charge >= 0.3 is 0 Å². The van der Waals surface area contributed by atoms with E-state index in [1.54, 1.807) is 28.4 Å². The second-order valence-electron chi connectivity index (χ2n) is 6.70. The van der Waals surface area contributed by atoms with Gasteiger partial charge in [-0.2, -0.15) is 0 Å². The predicted molar refractivity (Wildman–Crippen MR) is 136 cm³/mol. The Bertz CT molecular complexity index is 1120. The minimum atomic E-state index is -0.0682. The third kappa shape index (κ3) is 4.83. The van der Waals surface area contributed by atoms with Gasteiger partial charge in [0, 0.05) is 14.7 Å². The van der Waals surface area contributed by atoms with Gasteiger partial charge in [-0.1, -0.05) is 71.6 Å². The Morgan fingerprint density at radius 1 is 0.933 bits per heavy atom. The highest BCUT2D eigenvalue weighted by Gasteiger charge is 2.33. The lowest BCUT2D eigenvalue weighted by Crippen LogP contribution is -2.27. The van der Waals surface area contributed by atoms with E-state index >= 15 is 0 Å². The van der Waals surface area contributed by atoms with Crippen molar-refractivity contribution < 1.29 is 4.79 Å². The molecule has 3 aromatic rings. The van der Waals surface area contributed by atoms with Crippen LogP contribution in [0.1, 0.15) is 11.1 Å². The fraction of sp³-hybridized carbons (Fsp3) is 0.0833. The van der Waals surface area contributed by atoms with E-state index < -0.39 is 0 Å². The van der Waals surface area contributed by atoms with Crippen molar-refractivity contribution in [3.05, 3.63) is 88.8 Å². The Kier molecular flexibility index (Phi) is 6.68. The summed E-state index contributed by atoms with van der Waals surface area (Å²) in [5.41, 5.74) is 3.06. The number of hydrogen-bond donors (Lipinski definition) is 0. The van der Waals surface area contributed by atoms with Crippen molar-refractivity contribution in [3.8, 4) is 0 Å². The zero-order valence-corrected chi connectivity index (χ0v) is 19.8. The van der Waals surface area contributed by atoms with Gasteiger partial charge in [0.1, 0.15) is 0 Å². The van der Waals surface area contributed by atoms with Gasteiger partial charge in [-0.3, -0.25) is 9.69 Å². The molecule has 6 heteroatoms. The monoisotopic (exact) mass is 465 g/mol. The molecule has 0 unspecified atom stereocenters. The summed E-state index contributed by atoms with van der Waals surface area (Å²) in [5, 5.41) is 0. The van der Waals surface area contributed by atoms with E-state index in [-0.39, 0.29) is 5.91 Å². The maximum absolute atomic E-state index is 13.0. The molecule has 0 saturated carbocycles. The lowest BCUT2D eigenvalue weighted by Gasteiger charge is -2.15. The first-order valence-electron chi connectivity index (χ1n) is 9.30. The summed E-state index contributed by atoms with van der Waals surface area (Å²) in [6, 6.07) is 24.6. The van der Waals surface area contributed by atoms with Gasteiger partial charge in [-0.15, -0.1) is 11.8 Å². The van der Waals surface area contributed by atoms with E-state index in [0.29, 0.717) is 9.23 Å². The van der Waals surface area contributed by atoms with Gasteiger partial charge in [0.15, 0.2) is 4.32 Å². The lowest BCUT2D eigenvalue weighted by atomic mass is 10.2. The molecule has 1 aliphatic rings. The molecule has 1 fully saturated rings. The highest BCUT2D eigenvalue weighted by molar-refractivity contribution is 8.27. The first-order chi connectivity index (χ1) is 14.5. The molecule has 0 bridgehead atoms. The van der Waals surface area contributed by atoms with Crippen molar-refractivity contribution in [3.63, 3.8) is 0 Å². The average Bonchev–Trinajstić information content (AvgIpc) is 3.04. The van der Waals surface area contributed by atoms with Crippen LogP contribution in [0.3, 0.4) is 0 Å². The summed E-state index contributed by atoms with van der Waals surface area (Å²) in [4.78, 5) is 18.7. The maximum atomic E-state index is 13.0. The Morgan fingerprint density at radius 2 is 1.60 bits per heavy atom. The number of anilines is 1. The summed E-state index contributed by atoms with van der Waals surface area (Å²) in [7, 11) is 0. The quantitative estimate of drug-likeness (QED) is 0.224. The van der Waals surface area contributed by atoms with E-state index in [2.05, 4.69) is 43.3 Å². The molecular weight excluding hydrogens is 447 g/mol. The summed E-state index contributed by atoms with van der Waals surface area (Å²) in [6.45, 7) is 2.09. The van der Waals surface area contributed by atoms with Crippen LogP contribution in [0.25, 0.3) is 6.08 Å². The molecule has 2 nitrogen and oxygen atoms in total. The fourth-order valence-corrected chi connectivity index (χ4v) is 5.53. The van der Waals surface area contributed by atoms with Gasteiger partial charge in [0.25, 0.3) is 5.91 Å². The molecule has 0 N–H and O–H groups in total. The molecule has 1 heterocycles. The Labute approximate surface area is 195 Å². The van der Waals surface area contributed by atoms with Crippen LogP contribution in [0.2, 0.25) is 0 Å². The number of thioether (sulfide) groups is 2. The van der Waals surface area contributed by atoms with Crippen LogP contribution in [0.5, 0.6) is 0 Å². The van der Waals surface area contributed by atoms with Crippen LogP contribution in [0.4, 0.5) is 5.69 Å². The number of carbonyl (C=O) groups is 1. The van der Waals surface area contributed by atoms with Crippen molar-refractivity contribution in [2.45, 2.75) is 21.6 Å². The highest BCUT2D eigenvalue weighted by Crippen LogP contribution is 2.37. The maximum Gasteiger partial charge on any atom is 0.270 e. The Hall–Kier alpha value is -1.99. The highest BCUT2D eigenvalue weighted by atomic mass is 32.2. The number of nitrogens with zero attached hydrogens (tertiary/aromatic N) is 1. The molecular formula is C24H19NOS4. The molecule has 0 spiro atoms. The normalized spacial score (nSPS) is 15.3. The van der Waals surface area contributed by atoms with Gasteiger partial charge in [0.05, 0.1) is 10.6 Å². The minimum absolute atomic E-state index is 0.0682. The van der Waals surface area contributed by atoms with Crippen molar-refractivity contribution in [1.82, 2.24) is 0 Å². The zero-order chi connectivity index (χ0) is 21.1. The number of thiocarbonyl (C=S) groups is 1. The second kappa shape index (κ2) is 9.43. The molecule has 4 rings (SSSR count). The fourth-order valence-electron chi connectivity index (χ4n) is 2.97. The molecule has 30 heavy (non-hydrogen) atoms. The zero-order valence-electron chi connectivity index (χ0n) is 16.5. The van der Waals surface area contributed by atoms with Crippen LogP contribution in [0, 0.1) is 6.92 Å². The van der Waals surface area contributed by atoms with Crippen molar-refractivity contribution >= 4 is 69.5 Å². The van der Waals surface area contributed by atoms with E-state index in [4.69, 9.17) is 12.2 Å². The minimum Gasteiger partial charge on any atom is -0.268 e. The van der Waals surface area contributed by atoms with Crippen LogP contribution in [0.15, 0.2) is 92.4 Å². The third-order valence-corrected chi connectivity index (χ3v) is 7.58. The Morgan fingerprint density at radius 3 is 2.27 bits per heavy atom. The summed E-state index contributed by atoms with van der Waals surface area (Å²) in [6.07, 6.45) is 3.93. The lowest BCUT2D eigenvalue weighted by molar-refractivity contribution is -0.113. The van der Waals surface area contributed by atoms with Crippen molar-refractivity contribution in [2.24, 2.45) is 0 Å².